The first-order chi connectivity index (χ1) is 8.54. The van der Waals surface area contributed by atoms with Gasteiger partial charge in [-0.15, -0.1) is 0 Å². The second-order valence-electron chi connectivity index (χ2n) is 3.85. The summed E-state index contributed by atoms with van der Waals surface area (Å²) in [7, 11) is -4.19. The normalized spacial score (nSPS) is 11.7. The van der Waals surface area contributed by atoms with Gasteiger partial charge in [-0.2, -0.15) is 0 Å². The van der Waals surface area contributed by atoms with Crippen molar-refractivity contribution in [3.63, 3.8) is 0 Å². The number of benzene rings is 2. The van der Waals surface area contributed by atoms with Gasteiger partial charge in [0.2, 0.25) is 0 Å². The Morgan fingerprint density at radius 2 is 1.78 bits per heavy atom. The molecule has 1 atom stereocenters. The van der Waals surface area contributed by atoms with Crippen molar-refractivity contribution in [3.8, 4) is 0 Å². The first kappa shape index (κ1) is 13.4. The van der Waals surface area contributed by atoms with Gasteiger partial charge in [0.25, 0.3) is 0 Å². The first-order valence-corrected chi connectivity index (χ1v) is 8.62. The Kier molecular flexibility index (Phi) is 3.95. The molecule has 18 heavy (non-hydrogen) atoms. The molecule has 0 saturated carbocycles. The van der Waals surface area contributed by atoms with Crippen molar-refractivity contribution < 1.29 is 13.0 Å². The average Bonchev–Trinajstić information content (AvgIpc) is 2.34. The third kappa shape index (κ3) is 2.69. The molecule has 0 aliphatic carbocycles. The van der Waals surface area contributed by atoms with Crippen LogP contribution >= 0.6 is 0 Å². The summed E-state index contributed by atoms with van der Waals surface area (Å²) in [5.74, 6) is 0. The maximum absolute atomic E-state index is 11.3. The van der Waals surface area contributed by atoms with E-state index in [9.17, 15) is 13.0 Å². The Balaban J connectivity index is 2.66. The van der Waals surface area contributed by atoms with Gasteiger partial charge in [-0.3, -0.25) is 0 Å². The summed E-state index contributed by atoms with van der Waals surface area (Å²) in [4.78, 5) is -0.0515. The van der Waals surface area contributed by atoms with Crippen LogP contribution in [-0.4, -0.2) is 36.4 Å². The van der Waals surface area contributed by atoms with Crippen molar-refractivity contribution in [2.75, 3.05) is 11.9 Å². The predicted molar refractivity (Wildman–Crippen MR) is 75.6 cm³/mol. The molecule has 2 N–H and O–H groups in total. The summed E-state index contributed by atoms with van der Waals surface area (Å²) in [6.45, 7) is 0.842. The molecule has 2 rings (SSSR count). The number of hydrogen-bond acceptors (Lipinski definition) is 3. The fourth-order valence-corrected chi connectivity index (χ4v) is 2.88. The molecule has 0 radical (unpaired) electrons. The quantitative estimate of drug-likeness (QED) is 0.661. The van der Waals surface area contributed by atoms with Gasteiger partial charge in [0.15, 0.2) is 0 Å². The van der Waals surface area contributed by atoms with E-state index in [1.165, 1.54) is 6.07 Å². The number of anilines is 1. The van der Waals surface area contributed by atoms with E-state index in [4.69, 9.17) is 0 Å². The van der Waals surface area contributed by atoms with Gasteiger partial charge in [0.05, 0.1) is 0 Å². The van der Waals surface area contributed by atoms with Gasteiger partial charge >= 0.3 is 115 Å². The molecule has 6 heteroatoms. The minimum atomic E-state index is -4.19. The zero-order valence-electron chi connectivity index (χ0n) is 9.63. The van der Waals surface area contributed by atoms with Gasteiger partial charge in [-0.25, -0.2) is 0 Å². The van der Waals surface area contributed by atoms with Crippen LogP contribution in [0.5, 0.6) is 0 Å². The van der Waals surface area contributed by atoms with Crippen molar-refractivity contribution in [2.45, 2.75) is 10.1 Å². The molecule has 96 valence electrons. The van der Waals surface area contributed by atoms with Gasteiger partial charge in [0, 0.05) is 0 Å². The van der Waals surface area contributed by atoms with Crippen molar-refractivity contribution in [1.29, 1.82) is 0 Å². The molecule has 0 spiro atoms. The van der Waals surface area contributed by atoms with Crippen LogP contribution in [0.25, 0.3) is 10.8 Å². The predicted octanol–water partition coefficient (Wildman–Crippen LogP) is 1.55. The molecular weight excluding hydrogens is 313 g/mol. The maximum atomic E-state index is 11.3. The zero-order valence-corrected chi connectivity index (χ0v) is 12.9. The van der Waals surface area contributed by atoms with Crippen LogP contribution in [0.4, 0.5) is 5.69 Å². The third-order valence-electron chi connectivity index (χ3n) is 2.62. The molecule has 1 unspecified atom stereocenters. The molecule has 2 aromatic carbocycles. The van der Waals surface area contributed by atoms with Crippen LogP contribution < -0.4 is 5.32 Å². The Morgan fingerprint density at radius 1 is 1.11 bits per heavy atom. The summed E-state index contributed by atoms with van der Waals surface area (Å²) in [6, 6.07) is 10.3. The topological polar surface area (TPSA) is 66.4 Å². The number of fused-ring (bicyclic) bond motifs is 1. The van der Waals surface area contributed by atoms with Crippen molar-refractivity contribution in [1.82, 2.24) is 0 Å². The van der Waals surface area contributed by atoms with Crippen molar-refractivity contribution in [3.05, 3.63) is 36.4 Å². The molecule has 0 aliphatic rings. The molecule has 4 nitrogen and oxygen atoms in total. The van der Waals surface area contributed by atoms with Crippen LogP contribution in [0, 0.1) is 0 Å². The summed E-state index contributed by atoms with van der Waals surface area (Å²) in [6.07, 6.45) is 0. The van der Waals surface area contributed by atoms with Crippen LogP contribution in [0.3, 0.4) is 0 Å². The van der Waals surface area contributed by atoms with E-state index in [1.807, 2.05) is 12.1 Å². The van der Waals surface area contributed by atoms with Gasteiger partial charge < -0.3 is 0 Å². The number of rotatable bonds is 4. The molecule has 2 aromatic rings. The zero-order chi connectivity index (χ0) is 13.2. The van der Waals surface area contributed by atoms with Crippen LogP contribution in [-0.2, 0) is 10.1 Å². The van der Waals surface area contributed by atoms with Crippen LogP contribution in [0.15, 0.2) is 41.3 Å². The van der Waals surface area contributed by atoms with E-state index in [0.29, 0.717) is 5.39 Å². The molecule has 0 heterocycles. The number of hydrogen-bond donors (Lipinski definition) is 2. The summed E-state index contributed by atoms with van der Waals surface area (Å²) < 4.78 is 31.8. The van der Waals surface area contributed by atoms with E-state index in [1.54, 1.807) is 35.1 Å². The van der Waals surface area contributed by atoms with Gasteiger partial charge in [0.1, 0.15) is 0 Å². The van der Waals surface area contributed by atoms with E-state index in [-0.39, 0.29) is 4.90 Å². The van der Waals surface area contributed by atoms with E-state index < -0.39 is 10.1 Å². The number of nitrogens with one attached hydrogen (secondary N) is 1. The summed E-state index contributed by atoms with van der Waals surface area (Å²) >= 11 is 1.64. The molecule has 0 bridgehead atoms. The second kappa shape index (κ2) is 5.31. The van der Waals surface area contributed by atoms with E-state index >= 15 is 0 Å². The molecule has 0 aromatic heterocycles. The molecule has 0 fully saturated rings. The van der Waals surface area contributed by atoms with Gasteiger partial charge in [-0.1, -0.05) is 0 Å². The van der Waals surface area contributed by atoms with E-state index in [0.717, 1.165) is 22.8 Å². The van der Waals surface area contributed by atoms with Gasteiger partial charge in [-0.05, 0) is 0 Å². The Bertz CT molecular complexity index is 670. The molecule has 0 aliphatic heterocycles. The minimum absolute atomic E-state index is 0.0515. The molecule has 0 amide bonds. The summed E-state index contributed by atoms with van der Waals surface area (Å²) in [5.41, 5.74) is 0.885. The Morgan fingerprint density at radius 3 is 2.44 bits per heavy atom. The van der Waals surface area contributed by atoms with Crippen molar-refractivity contribution >= 4 is 43.4 Å². The SMILES string of the molecule is O=S(=O)(O)c1cccc2c(NCC[AsH2])cccc12. The molecular formula is C12H14AsNO3S. The van der Waals surface area contributed by atoms with Crippen LogP contribution in [0.2, 0.25) is 5.21 Å². The van der Waals surface area contributed by atoms with Crippen molar-refractivity contribution in [2.24, 2.45) is 0 Å². The Hall–Kier alpha value is -1.03. The standard InChI is InChI=1S/C12H14AsNO3S/c13-7-8-14-11-5-1-4-10-9(11)3-2-6-12(10)18(15,16)17/h1-6,14H,7-8,13H2,(H,15,16,17). The van der Waals surface area contributed by atoms with E-state index in [2.05, 4.69) is 5.32 Å². The average molecular weight is 327 g/mol. The third-order valence-corrected chi connectivity index (χ3v) is 4.14. The first-order valence-electron chi connectivity index (χ1n) is 5.47. The second-order valence-corrected chi connectivity index (χ2v) is 6.45. The Labute approximate surface area is 115 Å². The fourth-order valence-electron chi connectivity index (χ4n) is 1.87. The molecule has 0 saturated heterocycles. The fraction of sp³-hybridized carbons (Fsp3) is 0.167. The monoisotopic (exact) mass is 327 g/mol. The van der Waals surface area contributed by atoms with Crippen LogP contribution in [0.1, 0.15) is 0 Å². The summed E-state index contributed by atoms with van der Waals surface area (Å²) in [5, 5.41) is 5.63.